The standard InChI is InChI=1S/C37H26N2O/c1-3-13-26(14-4-1)37(27-15-5-2-6-16-27)29-17-7-10-20-33(29)39(34-21-11-8-18-30(34)37)28-23-24-32-36(25-28)40-35-22-12-9-19-31(35)38-32/h1-25,38H. The van der Waals surface area contributed by atoms with Gasteiger partial charge < -0.3 is 15.0 Å². The number of hydrogen-bond donors (Lipinski definition) is 1. The molecule has 2 heterocycles. The summed E-state index contributed by atoms with van der Waals surface area (Å²) < 4.78 is 6.38. The molecule has 0 unspecified atom stereocenters. The van der Waals surface area contributed by atoms with E-state index in [4.69, 9.17) is 4.74 Å². The molecule has 0 bridgehead atoms. The second kappa shape index (κ2) is 8.89. The van der Waals surface area contributed by atoms with Crippen LogP contribution in [0.2, 0.25) is 0 Å². The predicted octanol–water partition coefficient (Wildman–Crippen LogP) is 9.70. The van der Waals surface area contributed by atoms with Crippen molar-refractivity contribution in [1.82, 2.24) is 0 Å². The first kappa shape index (κ1) is 22.7. The van der Waals surface area contributed by atoms with E-state index in [-0.39, 0.29) is 0 Å². The van der Waals surface area contributed by atoms with Crippen molar-refractivity contribution in [3.63, 3.8) is 0 Å². The van der Waals surface area contributed by atoms with E-state index < -0.39 is 5.41 Å². The molecule has 0 saturated heterocycles. The van der Waals surface area contributed by atoms with E-state index in [1.807, 2.05) is 24.3 Å². The Kier molecular flexibility index (Phi) is 5.04. The first-order valence-electron chi connectivity index (χ1n) is 13.6. The van der Waals surface area contributed by atoms with E-state index in [2.05, 4.69) is 138 Å². The maximum Gasteiger partial charge on any atom is 0.153 e. The molecule has 1 N–H and O–H groups in total. The summed E-state index contributed by atoms with van der Waals surface area (Å²) in [5, 5.41) is 3.52. The summed E-state index contributed by atoms with van der Waals surface area (Å²) in [6, 6.07) is 53.9. The van der Waals surface area contributed by atoms with Crippen LogP contribution >= 0.6 is 0 Å². The molecule has 3 heteroatoms. The first-order valence-corrected chi connectivity index (χ1v) is 13.6. The molecule has 0 radical (unpaired) electrons. The SMILES string of the molecule is c1ccc(C2(c3ccccc3)c3ccccc3N(c3ccc4c(c3)Oc3ccccc3N4)c3ccccc32)cc1. The van der Waals surface area contributed by atoms with E-state index in [0.717, 1.165) is 39.9 Å². The van der Waals surface area contributed by atoms with Crippen LogP contribution in [-0.2, 0) is 5.41 Å². The van der Waals surface area contributed by atoms with Gasteiger partial charge in [0.05, 0.1) is 33.9 Å². The summed E-state index contributed by atoms with van der Waals surface area (Å²) in [7, 11) is 0. The molecule has 190 valence electrons. The van der Waals surface area contributed by atoms with Gasteiger partial charge in [-0.2, -0.15) is 0 Å². The van der Waals surface area contributed by atoms with Crippen LogP contribution in [0.4, 0.5) is 28.4 Å². The molecule has 2 aliphatic rings. The first-order chi connectivity index (χ1) is 19.8. The Morgan fingerprint density at radius 2 is 1.00 bits per heavy atom. The van der Waals surface area contributed by atoms with Crippen LogP contribution in [0.3, 0.4) is 0 Å². The lowest BCUT2D eigenvalue weighted by atomic mass is 9.62. The summed E-state index contributed by atoms with van der Waals surface area (Å²) in [5.74, 6) is 1.65. The maximum atomic E-state index is 6.38. The second-order valence-electron chi connectivity index (χ2n) is 10.3. The van der Waals surface area contributed by atoms with Gasteiger partial charge in [-0.15, -0.1) is 0 Å². The topological polar surface area (TPSA) is 24.5 Å². The molecule has 0 amide bonds. The molecule has 6 aromatic rings. The molecule has 3 nitrogen and oxygen atoms in total. The molecule has 2 aliphatic heterocycles. The van der Waals surface area contributed by atoms with E-state index in [9.17, 15) is 0 Å². The fourth-order valence-corrected chi connectivity index (χ4v) is 6.45. The highest BCUT2D eigenvalue weighted by atomic mass is 16.5. The summed E-state index contributed by atoms with van der Waals surface area (Å²) >= 11 is 0. The number of nitrogens with one attached hydrogen (secondary N) is 1. The van der Waals surface area contributed by atoms with Crippen LogP contribution in [0.1, 0.15) is 22.3 Å². The van der Waals surface area contributed by atoms with Gasteiger partial charge in [0.25, 0.3) is 0 Å². The van der Waals surface area contributed by atoms with Crippen LogP contribution in [0.25, 0.3) is 0 Å². The monoisotopic (exact) mass is 514 g/mol. The number of rotatable bonds is 3. The number of ether oxygens (including phenoxy) is 1. The van der Waals surface area contributed by atoms with Crippen molar-refractivity contribution in [1.29, 1.82) is 0 Å². The largest absolute Gasteiger partial charge is 0.453 e. The van der Waals surface area contributed by atoms with Gasteiger partial charge in [0.15, 0.2) is 11.5 Å². The number of hydrogen-bond acceptors (Lipinski definition) is 3. The highest BCUT2D eigenvalue weighted by Crippen LogP contribution is 2.58. The van der Waals surface area contributed by atoms with Crippen molar-refractivity contribution in [3.8, 4) is 11.5 Å². The van der Waals surface area contributed by atoms with Gasteiger partial charge in [-0.05, 0) is 58.7 Å². The maximum absolute atomic E-state index is 6.38. The molecular weight excluding hydrogens is 488 g/mol. The molecule has 0 atom stereocenters. The lowest BCUT2D eigenvalue weighted by molar-refractivity contribution is 0.481. The average Bonchev–Trinajstić information content (AvgIpc) is 3.03. The second-order valence-corrected chi connectivity index (χ2v) is 10.3. The molecule has 8 rings (SSSR count). The number of anilines is 5. The third-order valence-electron chi connectivity index (χ3n) is 8.11. The lowest BCUT2D eigenvalue weighted by Crippen LogP contribution is -2.37. The minimum Gasteiger partial charge on any atom is -0.453 e. The Morgan fingerprint density at radius 1 is 0.475 bits per heavy atom. The zero-order valence-corrected chi connectivity index (χ0v) is 21.8. The fraction of sp³-hybridized carbons (Fsp3) is 0.0270. The van der Waals surface area contributed by atoms with Gasteiger partial charge in [0, 0.05) is 6.07 Å². The van der Waals surface area contributed by atoms with E-state index >= 15 is 0 Å². The van der Waals surface area contributed by atoms with Crippen molar-refractivity contribution in [2.45, 2.75) is 5.41 Å². The zero-order chi connectivity index (χ0) is 26.5. The molecule has 40 heavy (non-hydrogen) atoms. The van der Waals surface area contributed by atoms with Crippen LogP contribution in [0.15, 0.2) is 152 Å². The number of benzene rings is 6. The van der Waals surface area contributed by atoms with Crippen molar-refractivity contribution in [2.75, 3.05) is 10.2 Å². The van der Waals surface area contributed by atoms with Gasteiger partial charge in [-0.25, -0.2) is 0 Å². The van der Waals surface area contributed by atoms with E-state index in [0.29, 0.717) is 0 Å². The van der Waals surface area contributed by atoms with Gasteiger partial charge in [-0.3, -0.25) is 0 Å². The Morgan fingerprint density at radius 3 is 1.65 bits per heavy atom. The summed E-state index contributed by atoms with van der Waals surface area (Å²) in [6.07, 6.45) is 0. The molecule has 0 saturated carbocycles. The minimum atomic E-state index is -0.475. The average molecular weight is 515 g/mol. The van der Waals surface area contributed by atoms with Gasteiger partial charge in [0.2, 0.25) is 0 Å². The van der Waals surface area contributed by atoms with Gasteiger partial charge in [0.1, 0.15) is 0 Å². The summed E-state index contributed by atoms with van der Waals surface area (Å²) in [4.78, 5) is 2.37. The molecule has 0 spiro atoms. The molecule has 0 aromatic heterocycles. The van der Waals surface area contributed by atoms with Crippen LogP contribution < -0.4 is 15.0 Å². The Balaban J connectivity index is 1.39. The molecule has 6 aromatic carbocycles. The number of nitrogens with zero attached hydrogens (tertiary/aromatic N) is 1. The van der Waals surface area contributed by atoms with E-state index in [1.54, 1.807) is 0 Å². The third kappa shape index (κ3) is 3.25. The lowest BCUT2D eigenvalue weighted by Gasteiger charge is -2.46. The summed E-state index contributed by atoms with van der Waals surface area (Å²) in [6.45, 7) is 0. The fourth-order valence-electron chi connectivity index (χ4n) is 6.45. The Bertz CT molecular complexity index is 1770. The third-order valence-corrected chi connectivity index (χ3v) is 8.11. The molecule has 0 fully saturated rings. The minimum absolute atomic E-state index is 0.475. The molecular formula is C37H26N2O. The Hall–Kier alpha value is -5.28. The highest BCUT2D eigenvalue weighted by Gasteiger charge is 2.46. The molecule has 0 aliphatic carbocycles. The number of para-hydroxylation sites is 4. The van der Waals surface area contributed by atoms with Crippen LogP contribution in [0.5, 0.6) is 11.5 Å². The van der Waals surface area contributed by atoms with Gasteiger partial charge >= 0.3 is 0 Å². The van der Waals surface area contributed by atoms with Crippen molar-refractivity contribution in [2.24, 2.45) is 0 Å². The number of fused-ring (bicyclic) bond motifs is 4. The smallest absolute Gasteiger partial charge is 0.153 e. The zero-order valence-electron chi connectivity index (χ0n) is 21.8. The van der Waals surface area contributed by atoms with E-state index in [1.165, 1.54) is 22.3 Å². The van der Waals surface area contributed by atoms with Crippen LogP contribution in [-0.4, -0.2) is 0 Å². The normalized spacial score (nSPS) is 14.1. The van der Waals surface area contributed by atoms with Crippen molar-refractivity contribution in [3.05, 3.63) is 174 Å². The quantitative estimate of drug-likeness (QED) is 0.254. The summed E-state index contributed by atoms with van der Waals surface area (Å²) in [5.41, 5.74) is 9.80. The highest BCUT2D eigenvalue weighted by molar-refractivity contribution is 5.90. The van der Waals surface area contributed by atoms with Crippen molar-refractivity contribution < 1.29 is 4.74 Å². The van der Waals surface area contributed by atoms with Gasteiger partial charge in [-0.1, -0.05) is 109 Å². The van der Waals surface area contributed by atoms with Crippen molar-refractivity contribution >= 4 is 28.4 Å². The van der Waals surface area contributed by atoms with Crippen LogP contribution in [0, 0.1) is 0 Å². The Labute approximate surface area is 233 Å². The predicted molar refractivity (Wildman–Crippen MR) is 163 cm³/mol.